The highest BCUT2D eigenvalue weighted by Gasteiger charge is 2.26. The summed E-state index contributed by atoms with van der Waals surface area (Å²) in [6.45, 7) is 6.02. The van der Waals surface area contributed by atoms with Crippen molar-refractivity contribution >= 4 is 17.5 Å². The molecule has 2 aliphatic heterocycles. The molecule has 0 radical (unpaired) electrons. The number of piperazine rings is 2. The SMILES string of the molecule is COc1ccc(N2CCN(C(=O)CN3CCN(C(=O)Cc4ccc(F)cc4)CC3)CC2)cc1. The van der Waals surface area contributed by atoms with E-state index in [0.717, 1.165) is 30.1 Å². The molecule has 2 saturated heterocycles. The van der Waals surface area contributed by atoms with E-state index in [1.165, 1.54) is 12.1 Å². The fourth-order valence-corrected chi connectivity index (χ4v) is 4.34. The molecule has 7 nitrogen and oxygen atoms in total. The Morgan fingerprint density at radius 2 is 1.36 bits per heavy atom. The van der Waals surface area contributed by atoms with Gasteiger partial charge in [-0.2, -0.15) is 0 Å². The maximum atomic E-state index is 13.0. The maximum absolute atomic E-state index is 13.0. The van der Waals surface area contributed by atoms with Gasteiger partial charge in [-0.25, -0.2) is 4.39 Å². The van der Waals surface area contributed by atoms with Gasteiger partial charge < -0.3 is 19.4 Å². The lowest BCUT2D eigenvalue weighted by atomic mass is 10.1. The van der Waals surface area contributed by atoms with E-state index in [1.54, 1.807) is 19.2 Å². The molecule has 0 bridgehead atoms. The first kappa shape index (κ1) is 23.0. The Bertz CT molecular complexity index is 935. The van der Waals surface area contributed by atoms with E-state index >= 15 is 0 Å². The number of amides is 2. The van der Waals surface area contributed by atoms with Crippen LogP contribution in [0.15, 0.2) is 48.5 Å². The summed E-state index contributed by atoms with van der Waals surface area (Å²) in [4.78, 5) is 33.5. The predicted octanol–water partition coefficient (Wildman–Crippen LogP) is 1.87. The van der Waals surface area contributed by atoms with Crippen molar-refractivity contribution in [3.63, 3.8) is 0 Å². The number of hydrogen-bond acceptors (Lipinski definition) is 5. The molecule has 2 aromatic carbocycles. The summed E-state index contributed by atoms with van der Waals surface area (Å²) in [5, 5.41) is 0. The van der Waals surface area contributed by atoms with Crippen LogP contribution < -0.4 is 9.64 Å². The molecule has 2 heterocycles. The minimum Gasteiger partial charge on any atom is -0.497 e. The zero-order chi connectivity index (χ0) is 23.2. The van der Waals surface area contributed by atoms with E-state index in [4.69, 9.17) is 4.74 Å². The molecule has 2 aromatic rings. The summed E-state index contributed by atoms with van der Waals surface area (Å²) in [6.07, 6.45) is 0.275. The Hall–Kier alpha value is -3.13. The summed E-state index contributed by atoms with van der Waals surface area (Å²) in [6, 6.07) is 14.1. The van der Waals surface area contributed by atoms with Gasteiger partial charge in [-0.05, 0) is 42.0 Å². The summed E-state index contributed by atoms with van der Waals surface area (Å²) in [5.41, 5.74) is 1.96. The van der Waals surface area contributed by atoms with Crippen molar-refractivity contribution in [2.45, 2.75) is 6.42 Å². The van der Waals surface area contributed by atoms with E-state index in [1.807, 2.05) is 34.1 Å². The van der Waals surface area contributed by atoms with Gasteiger partial charge in [0.25, 0.3) is 0 Å². The molecule has 4 rings (SSSR count). The molecule has 0 N–H and O–H groups in total. The Labute approximate surface area is 194 Å². The van der Waals surface area contributed by atoms with Crippen LogP contribution in [0.5, 0.6) is 5.75 Å². The van der Waals surface area contributed by atoms with Crippen molar-refractivity contribution in [3.05, 3.63) is 59.9 Å². The van der Waals surface area contributed by atoms with Crippen molar-refractivity contribution in [1.29, 1.82) is 0 Å². The van der Waals surface area contributed by atoms with Crippen molar-refractivity contribution < 1.29 is 18.7 Å². The minimum absolute atomic E-state index is 0.0437. The number of rotatable bonds is 6. The molecule has 2 fully saturated rings. The average Bonchev–Trinajstić information content (AvgIpc) is 2.86. The number of halogens is 1. The predicted molar refractivity (Wildman–Crippen MR) is 125 cm³/mol. The Kier molecular flexibility index (Phi) is 7.44. The zero-order valence-electron chi connectivity index (χ0n) is 19.1. The molecule has 0 spiro atoms. The molecular weight excluding hydrogens is 423 g/mol. The van der Waals surface area contributed by atoms with Crippen LogP contribution in [0, 0.1) is 5.82 Å². The second-order valence-corrected chi connectivity index (χ2v) is 8.53. The quantitative estimate of drug-likeness (QED) is 0.667. The molecule has 176 valence electrons. The van der Waals surface area contributed by atoms with Gasteiger partial charge in [0.05, 0.1) is 20.1 Å². The molecule has 0 atom stereocenters. The maximum Gasteiger partial charge on any atom is 0.236 e. The second-order valence-electron chi connectivity index (χ2n) is 8.53. The third-order valence-electron chi connectivity index (χ3n) is 6.42. The highest BCUT2D eigenvalue weighted by atomic mass is 19.1. The molecule has 33 heavy (non-hydrogen) atoms. The topological polar surface area (TPSA) is 56.3 Å². The van der Waals surface area contributed by atoms with Gasteiger partial charge in [0.1, 0.15) is 11.6 Å². The molecule has 8 heteroatoms. The molecular formula is C25H31FN4O3. The first-order valence-corrected chi connectivity index (χ1v) is 11.4. The average molecular weight is 455 g/mol. The fourth-order valence-electron chi connectivity index (χ4n) is 4.34. The summed E-state index contributed by atoms with van der Waals surface area (Å²) in [5.74, 6) is 0.731. The highest BCUT2D eigenvalue weighted by molar-refractivity contribution is 5.80. The molecule has 2 aliphatic rings. The van der Waals surface area contributed by atoms with Gasteiger partial charge >= 0.3 is 0 Å². The Morgan fingerprint density at radius 3 is 1.97 bits per heavy atom. The molecule has 0 aromatic heterocycles. The van der Waals surface area contributed by atoms with Gasteiger partial charge in [0, 0.05) is 58.0 Å². The third-order valence-corrected chi connectivity index (χ3v) is 6.42. The highest BCUT2D eigenvalue weighted by Crippen LogP contribution is 2.20. The second kappa shape index (κ2) is 10.7. The van der Waals surface area contributed by atoms with Gasteiger partial charge in [0.15, 0.2) is 0 Å². The molecule has 0 saturated carbocycles. The van der Waals surface area contributed by atoms with Crippen LogP contribution in [0.2, 0.25) is 0 Å². The standard InChI is InChI=1S/C25H31FN4O3/c1-33-23-8-6-22(7-9-23)28-14-16-30(17-15-28)25(32)19-27-10-12-29(13-11-27)24(31)18-20-2-4-21(26)5-3-20/h2-9H,10-19H2,1H3. The zero-order valence-corrected chi connectivity index (χ0v) is 19.1. The number of carbonyl (C=O) groups is 2. The van der Waals surface area contributed by atoms with Crippen LogP contribution in [0.25, 0.3) is 0 Å². The first-order chi connectivity index (χ1) is 16.0. The van der Waals surface area contributed by atoms with E-state index in [-0.39, 0.29) is 24.1 Å². The number of carbonyl (C=O) groups excluding carboxylic acids is 2. The lowest BCUT2D eigenvalue weighted by Crippen LogP contribution is -2.54. The van der Waals surface area contributed by atoms with E-state index in [0.29, 0.717) is 45.8 Å². The van der Waals surface area contributed by atoms with Crippen molar-refractivity contribution in [2.24, 2.45) is 0 Å². The number of hydrogen-bond donors (Lipinski definition) is 0. The summed E-state index contributed by atoms with van der Waals surface area (Å²) >= 11 is 0. The minimum atomic E-state index is -0.299. The van der Waals surface area contributed by atoms with Crippen LogP contribution in [0.4, 0.5) is 10.1 Å². The van der Waals surface area contributed by atoms with E-state index < -0.39 is 0 Å². The number of ether oxygens (including phenoxy) is 1. The first-order valence-electron chi connectivity index (χ1n) is 11.4. The third kappa shape index (κ3) is 6.01. The Morgan fingerprint density at radius 1 is 0.788 bits per heavy atom. The lowest BCUT2D eigenvalue weighted by Gasteiger charge is -2.38. The van der Waals surface area contributed by atoms with Gasteiger partial charge in [-0.1, -0.05) is 12.1 Å². The summed E-state index contributed by atoms with van der Waals surface area (Å²) < 4.78 is 18.3. The van der Waals surface area contributed by atoms with Crippen molar-refractivity contribution in [3.8, 4) is 5.75 Å². The van der Waals surface area contributed by atoms with Gasteiger partial charge in [0.2, 0.25) is 11.8 Å². The van der Waals surface area contributed by atoms with Gasteiger partial charge in [-0.3, -0.25) is 14.5 Å². The lowest BCUT2D eigenvalue weighted by molar-refractivity contribution is -0.135. The number of anilines is 1. The fraction of sp³-hybridized carbons (Fsp3) is 0.440. The number of benzene rings is 2. The number of nitrogens with zero attached hydrogens (tertiary/aromatic N) is 4. The van der Waals surface area contributed by atoms with Crippen molar-refractivity contribution in [2.75, 3.05) is 70.9 Å². The monoisotopic (exact) mass is 454 g/mol. The van der Waals surface area contributed by atoms with Crippen LogP contribution in [-0.2, 0) is 16.0 Å². The molecule has 0 aliphatic carbocycles. The van der Waals surface area contributed by atoms with Crippen LogP contribution >= 0.6 is 0 Å². The largest absolute Gasteiger partial charge is 0.497 e. The molecule has 0 unspecified atom stereocenters. The normalized spacial score (nSPS) is 17.2. The number of methoxy groups -OCH3 is 1. The van der Waals surface area contributed by atoms with Crippen LogP contribution in [0.1, 0.15) is 5.56 Å². The summed E-state index contributed by atoms with van der Waals surface area (Å²) in [7, 11) is 1.66. The van der Waals surface area contributed by atoms with E-state index in [9.17, 15) is 14.0 Å². The van der Waals surface area contributed by atoms with Crippen LogP contribution in [-0.4, -0.2) is 92.5 Å². The van der Waals surface area contributed by atoms with E-state index in [2.05, 4.69) is 9.80 Å². The van der Waals surface area contributed by atoms with Crippen molar-refractivity contribution in [1.82, 2.24) is 14.7 Å². The smallest absolute Gasteiger partial charge is 0.236 e. The van der Waals surface area contributed by atoms with Gasteiger partial charge in [-0.15, -0.1) is 0 Å². The molecule has 2 amide bonds. The Balaban J connectivity index is 1.18. The van der Waals surface area contributed by atoms with Crippen LogP contribution in [0.3, 0.4) is 0 Å².